The van der Waals surface area contributed by atoms with Crippen LogP contribution in [0.1, 0.15) is 13.8 Å². The zero-order valence-electron chi connectivity index (χ0n) is 8.46. The van der Waals surface area contributed by atoms with Crippen molar-refractivity contribution in [3.05, 3.63) is 0 Å². The van der Waals surface area contributed by atoms with Crippen molar-refractivity contribution in [2.45, 2.75) is 13.8 Å². The Balaban J connectivity index is 3.28. The summed E-state index contributed by atoms with van der Waals surface area (Å²) in [5.41, 5.74) is 5.07. The van der Waals surface area contributed by atoms with Crippen molar-refractivity contribution in [3.63, 3.8) is 0 Å². The molecule has 0 unspecified atom stereocenters. The maximum absolute atomic E-state index is 10.8. The van der Waals surface area contributed by atoms with Crippen LogP contribution in [0, 0.1) is 0 Å². The van der Waals surface area contributed by atoms with Crippen LogP contribution in [0.3, 0.4) is 0 Å². The van der Waals surface area contributed by atoms with Crippen LogP contribution in [0.25, 0.3) is 0 Å². The van der Waals surface area contributed by atoms with E-state index in [9.17, 15) is 9.59 Å². The van der Waals surface area contributed by atoms with E-state index in [-0.39, 0.29) is 25.0 Å². The molecular weight excluding hydrogens is 188 g/mol. The molecule has 0 bridgehead atoms. The zero-order chi connectivity index (χ0) is 10.8. The molecule has 0 aromatic heterocycles. The van der Waals surface area contributed by atoms with Crippen molar-refractivity contribution in [2.24, 2.45) is 0 Å². The third-order valence-electron chi connectivity index (χ3n) is 1.20. The normalized spacial score (nSPS) is 9.57. The van der Waals surface area contributed by atoms with Crippen LogP contribution in [0.2, 0.25) is 0 Å². The van der Waals surface area contributed by atoms with E-state index in [1.54, 1.807) is 13.8 Å². The summed E-state index contributed by atoms with van der Waals surface area (Å²) in [7, 11) is 0. The van der Waals surface area contributed by atoms with Crippen LogP contribution in [0.4, 0.5) is 0 Å². The molecule has 0 aromatic carbocycles. The van der Waals surface area contributed by atoms with E-state index in [0.717, 1.165) is 0 Å². The Bertz CT molecular complexity index is 164. The van der Waals surface area contributed by atoms with Gasteiger partial charge in [-0.1, -0.05) is 0 Å². The van der Waals surface area contributed by atoms with Crippen LogP contribution >= 0.6 is 0 Å². The van der Waals surface area contributed by atoms with Gasteiger partial charge in [0.1, 0.15) is 13.1 Å². The summed E-state index contributed by atoms with van der Waals surface area (Å²) in [5.74, 6) is -0.743. The molecule has 0 aliphatic rings. The molecule has 0 amide bonds. The second-order valence-electron chi connectivity index (χ2n) is 2.32. The summed E-state index contributed by atoms with van der Waals surface area (Å²) in [6.07, 6.45) is 0. The number of ether oxygens (including phenoxy) is 2. The summed E-state index contributed by atoms with van der Waals surface area (Å²) in [6.45, 7) is 4.19. The average Bonchev–Trinajstić information content (AvgIpc) is 2.13. The van der Waals surface area contributed by atoms with E-state index in [2.05, 4.69) is 20.3 Å². The fraction of sp³-hybridized carbons (Fsp3) is 0.750. The van der Waals surface area contributed by atoms with Crippen LogP contribution in [-0.2, 0) is 19.1 Å². The van der Waals surface area contributed by atoms with Crippen LogP contribution in [-0.4, -0.2) is 38.2 Å². The predicted molar refractivity (Wildman–Crippen MR) is 49.3 cm³/mol. The molecule has 0 atom stereocenters. The monoisotopic (exact) mass is 204 g/mol. The van der Waals surface area contributed by atoms with Crippen molar-refractivity contribution in [1.29, 1.82) is 0 Å². The van der Waals surface area contributed by atoms with Gasteiger partial charge in [0.05, 0.1) is 13.2 Å². The standard InChI is InChI=1S/C8H16N2O4/c1-3-13-7(11)5-9-10-6-8(12)14-4-2/h9-10H,3-6H2,1-2H3. The van der Waals surface area contributed by atoms with Gasteiger partial charge >= 0.3 is 11.9 Å². The molecule has 6 heteroatoms. The minimum absolute atomic E-state index is 0.0211. The lowest BCUT2D eigenvalue weighted by Crippen LogP contribution is -2.40. The molecule has 14 heavy (non-hydrogen) atoms. The summed E-state index contributed by atoms with van der Waals surface area (Å²) >= 11 is 0. The Morgan fingerprint density at radius 2 is 1.29 bits per heavy atom. The first-order chi connectivity index (χ1) is 6.70. The van der Waals surface area contributed by atoms with Gasteiger partial charge in [-0.25, -0.2) is 10.9 Å². The van der Waals surface area contributed by atoms with Crippen molar-refractivity contribution >= 4 is 11.9 Å². The number of hydrogen-bond acceptors (Lipinski definition) is 6. The van der Waals surface area contributed by atoms with Gasteiger partial charge in [0.2, 0.25) is 0 Å². The van der Waals surface area contributed by atoms with Crippen molar-refractivity contribution in [1.82, 2.24) is 10.9 Å². The fourth-order valence-electron chi connectivity index (χ4n) is 0.693. The molecule has 0 aliphatic carbocycles. The molecule has 0 saturated heterocycles. The van der Waals surface area contributed by atoms with E-state index in [0.29, 0.717) is 13.2 Å². The lowest BCUT2D eigenvalue weighted by atomic mass is 10.6. The number of rotatable bonds is 7. The predicted octanol–water partition coefficient (Wildman–Crippen LogP) is -0.793. The first-order valence-corrected chi connectivity index (χ1v) is 4.47. The smallest absolute Gasteiger partial charge is 0.321 e. The molecule has 6 nitrogen and oxygen atoms in total. The summed E-state index contributed by atoms with van der Waals surface area (Å²) in [5, 5.41) is 0. The van der Waals surface area contributed by atoms with Gasteiger partial charge in [0.15, 0.2) is 0 Å². The number of hydrazine groups is 1. The zero-order valence-corrected chi connectivity index (χ0v) is 8.46. The molecule has 0 aliphatic heterocycles. The molecule has 0 saturated carbocycles. The topological polar surface area (TPSA) is 76.7 Å². The minimum atomic E-state index is -0.371. The first kappa shape index (κ1) is 12.9. The Hall–Kier alpha value is -1.14. The Kier molecular flexibility index (Phi) is 7.77. The highest BCUT2D eigenvalue weighted by Crippen LogP contribution is 1.75. The fourth-order valence-corrected chi connectivity index (χ4v) is 0.693. The van der Waals surface area contributed by atoms with Gasteiger partial charge in [-0.15, -0.1) is 0 Å². The highest BCUT2D eigenvalue weighted by molar-refractivity contribution is 5.72. The number of esters is 2. The highest BCUT2D eigenvalue weighted by atomic mass is 16.5. The largest absolute Gasteiger partial charge is 0.465 e. The molecule has 0 heterocycles. The molecule has 0 radical (unpaired) electrons. The second kappa shape index (κ2) is 8.46. The molecular formula is C8H16N2O4. The van der Waals surface area contributed by atoms with E-state index >= 15 is 0 Å². The van der Waals surface area contributed by atoms with Crippen LogP contribution < -0.4 is 10.9 Å². The number of carbonyl (C=O) groups excluding carboxylic acids is 2. The van der Waals surface area contributed by atoms with Crippen LogP contribution in [0.5, 0.6) is 0 Å². The summed E-state index contributed by atoms with van der Waals surface area (Å²) < 4.78 is 9.28. The molecule has 82 valence electrons. The second-order valence-corrected chi connectivity index (χ2v) is 2.32. The molecule has 2 N–H and O–H groups in total. The molecule has 0 spiro atoms. The van der Waals surface area contributed by atoms with Crippen molar-refractivity contribution in [3.8, 4) is 0 Å². The van der Waals surface area contributed by atoms with Gasteiger partial charge in [-0.3, -0.25) is 9.59 Å². The van der Waals surface area contributed by atoms with Gasteiger partial charge in [-0.2, -0.15) is 0 Å². The molecule has 0 fully saturated rings. The van der Waals surface area contributed by atoms with E-state index in [4.69, 9.17) is 0 Å². The van der Waals surface area contributed by atoms with Gasteiger partial charge in [0, 0.05) is 0 Å². The SMILES string of the molecule is CCOC(=O)CNNCC(=O)OCC. The summed E-state index contributed by atoms with van der Waals surface area (Å²) in [6, 6.07) is 0. The highest BCUT2D eigenvalue weighted by Gasteiger charge is 2.02. The first-order valence-electron chi connectivity index (χ1n) is 4.47. The lowest BCUT2D eigenvalue weighted by Gasteiger charge is -2.05. The number of nitrogens with one attached hydrogen (secondary N) is 2. The average molecular weight is 204 g/mol. The van der Waals surface area contributed by atoms with E-state index in [1.165, 1.54) is 0 Å². The number of carbonyl (C=O) groups is 2. The lowest BCUT2D eigenvalue weighted by molar-refractivity contribution is -0.144. The maximum atomic E-state index is 10.8. The Morgan fingerprint density at radius 3 is 1.57 bits per heavy atom. The quantitative estimate of drug-likeness (QED) is 0.321. The van der Waals surface area contributed by atoms with Crippen LogP contribution in [0.15, 0.2) is 0 Å². The Morgan fingerprint density at radius 1 is 0.929 bits per heavy atom. The van der Waals surface area contributed by atoms with Gasteiger partial charge in [-0.05, 0) is 13.8 Å². The molecule has 0 aromatic rings. The van der Waals surface area contributed by atoms with Gasteiger partial charge < -0.3 is 9.47 Å². The molecule has 0 rings (SSSR count). The minimum Gasteiger partial charge on any atom is -0.465 e. The van der Waals surface area contributed by atoms with E-state index in [1.807, 2.05) is 0 Å². The number of hydrogen-bond donors (Lipinski definition) is 2. The Labute approximate surface area is 82.9 Å². The third kappa shape index (κ3) is 7.51. The maximum Gasteiger partial charge on any atom is 0.321 e. The van der Waals surface area contributed by atoms with Crippen molar-refractivity contribution < 1.29 is 19.1 Å². The van der Waals surface area contributed by atoms with Gasteiger partial charge in [0.25, 0.3) is 0 Å². The summed E-state index contributed by atoms with van der Waals surface area (Å²) in [4.78, 5) is 21.5. The third-order valence-corrected chi connectivity index (χ3v) is 1.20. The van der Waals surface area contributed by atoms with E-state index < -0.39 is 0 Å². The van der Waals surface area contributed by atoms with Crippen molar-refractivity contribution in [2.75, 3.05) is 26.3 Å².